The third-order valence-electron chi connectivity index (χ3n) is 4.63. The van der Waals surface area contributed by atoms with Crippen molar-refractivity contribution in [2.45, 2.75) is 43.2 Å². The molecule has 0 saturated carbocycles. The fourth-order valence-corrected chi connectivity index (χ4v) is 6.46. The fourth-order valence-electron chi connectivity index (χ4n) is 3.43. The number of phosphoric ester groups is 1. The van der Waals surface area contributed by atoms with E-state index >= 15 is 0 Å². The molecule has 3 heterocycles. The number of nitrogens with one attached hydrogen (secondary N) is 3. The first-order chi connectivity index (χ1) is 13.8. The zero-order chi connectivity index (χ0) is 22.3. The summed E-state index contributed by atoms with van der Waals surface area (Å²) in [5, 5.41) is 19.7. The van der Waals surface area contributed by atoms with E-state index in [1.54, 1.807) is 0 Å². The van der Waals surface area contributed by atoms with Crippen LogP contribution >= 0.6 is 23.5 Å². The monoisotopic (exact) mass is 499 g/mol. The van der Waals surface area contributed by atoms with Crippen LogP contribution in [0.15, 0.2) is 0 Å². The molecule has 0 aliphatic carbocycles. The quantitative estimate of drug-likeness (QED) is 0.149. The summed E-state index contributed by atoms with van der Waals surface area (Å²) in [6.45, 7) is 0.147. The first-order valence-corrected chi connectivity index (χ1v) is 13.1. The summed E-state index contributed by atoms with van der Waals surface area (Å²) in [6, 6.07) is -0.117. The molecule has 30 heavy (non-hydrogen) atoms. The van der Waals surface area contributed by atoms with E-state index in [-0.39, 0.29) is 24.8 Å². The van der Waals surface area contributed by atoms with Crippen LogP contribution in [0.2, 0.25) is 0 Å². The van der Waals surface area contributed by atoms with E-state index < -0.39 is 48.5 Å². The lowest BCUT2D eigenvalue weighted by Crippen LogP contribution is -2.68. The van der Waals surface area contributed by atoms with Crippen LogP contribution < -0.4 is 21.7 Å². The molecule has 20 heteroatoms. The average Bonchev–Trinajstić information content (AvgIpc) is 3.14. The first kappa shape index (κ1) is 24.8. The molecule has 17 nitrogen and oxygen atoms in total. The highest BCUT2D eigenvalue weighted by Crippen LogP contribution is 2.66. The van der Waals surface area contributed by atoms with Gasteiger partial charge in [-0.1, -0.05) is 0 Å². The Kier molecular flexibility index (Phi) is 7.57. The van der Waals surface area contributed by atoms with E-state index in [2.05, 4.69) is 29.1 Å². The van der Waals surface area contributed by atoms with Gasteiger partial charge in [0.2, 0.25) is 0 Å². The molecule has 3 rings (SSSR count). The molecule has 3 aliphatic rings. The van der Waals surface area contributed by atoms with Gasteiger partial charge in [0.05, 0.1) is 37.8 Å². The Bertz CT molecular complexity index is 769. The smallest absolute Gasteiger partial charge is 0.390 e. The molecule has 0 spiro atoms. The highest BCUT2D eigenvalue weighted by atomic mass is 31.3. The Morgan fingerprint density at radius 3 is 2.43 bits per heavy atom. The second-order valence-electron chi connectivity index (χ2n) is 6.78. The second-order valence-corrected chi connectivity index (χ2v) is 11.2. The topological polar surface area (TPSA) is 255 Å². The molecular formula is C10H24N5O12P3. The molecule has 0 aromatic carbocycles. The van der Waals surface area contributed by atoms with Gasteiger partial charge in [-0.25, -0.2) is 18.6 Å². The Morgan fingerprint density at radius 2 is 1.77 bits per heavy atom. The van der Waals surface area contributed by atoms with Gasteiger partial charge in [-0.05, 0) is 0 Å². The zero-order valence-electron chi connectivity index (χ0n) is 15.3. The predicted molar refractivity (Wildman–Crippen MR) is 95.6 cm³/mol. The minimum atomic E-state index is -5.61. The van der Waals surface area contributed by atoms with Gasteiger partial charge in [0.25, 0.3) is 0 Å². The largest absolute Gasteiger partial charge is 0.490 e. The molecule has 3 aliphatic heterocycles. The maximum absolute atomic E-state index is 11.8. The van der Waals surface area contributed by atoms with Crippen LogP contribution in [0.25, 0.3) is 0 Å². The number of nitrogens with two attached hydrogens (primary N) is 1. The van der Waals surface area contributed by atoms with E-state index in [1.165, 1.54) is 0 Å². The van der Waals surface area contributed by atoms with Gasteiger partial charge < -0.3 is 35.2 Å². The summed E-state index contributed by atoms with van der Waals surface area (Å²) >= 11 is 0. The Balaban J connectivity index is 1.53. The van der Waals surface area contributed by atoms with Crippen molar-refractivity contribution in [3.05, 3.63) is 0 Å². The van der Waals surface area contributed by atoms with Crippen molar-refractivity contribution >= 4 is 23.5 Å². The lowest BCUT2D eigenvalue weighted by molar-refractivity contribution is -0.0884. The number of rotatable bonds is 8. The van der Waals surface area contributed by atoms with E-state index in [1.807, 2.05) is 4.90 Å². The summed E-state index contributed by atoms with van der Waals surface area (Å²) in [5.74, 6) is 0. The van der Waals surface area contributed by atoms with Gasteiger partial charge in [0, 0.05) is 13.1 Å². The molecule has 8 atom stereocenters. The van der Waals surface area contributed by atoms with Crippen molar-refractivity contribution < 1.29 is 56.3 Å². The van der Waals surface area contributed by atoms with E-state index in [9.17, 15) is 23.7 Å². The second kappa shape index (κ2) is 9.17. The zero-order valence-corrected chi connectivity index (χ0v) is 17.9. The van der Waals surface area contributed by atoms with Gasteiger partial charge in [0.15, 0.2) is 0 Å². The van der Waals surface area contributed by atoms with Gasteiger partial charge >= 0.3 is 23.5 Å². The van der Waals surface area contributed by atoms with Crippen molar-refractivity contribution in [3.63, 3.8) is 0 Å². The molecular weight excluding hydrogens is 475 g/mol. The fraction of sp³-hybridized carbons (Fsp3) is 1.00. The van der Waals surface area contributed by atoms with Crippen LogP contribution in [0.4, 0.5) is 0 Å². The Morgan fingerprint density at radius 1 is 1.07 bits per heavy atom. The predicted octanol–water partition coefficient (Wildman–Crippen LogP) is -3.20. The Hall–Kier alpha value is 0.130. The van der Waals surface area contributed by atoms with Crippen LogP contribution in [0, 0.1) is 0 Å². The van der Waals surface area contributed by atoms with Crippen molar-refractivity contribution in [3.8, 4) is 0 Å². The molecule has 0 radical (unpaired) electrons. The summed E-state index contributed by atoms with van der Waals surface area (Å²) in [5.41, 5.74) is 5.99. The van der Waals surface area contributed by atoms with E-state index in [0.29, 0.717) is 13.3 Å². The molecule has 176 valence electrons. The summed E-state index contributed by atoms with van der Waals surface area (Å²) in [7, 11) is -16.4. The molecule has 10 N–H and O–H groups in total. The molecule has 0 amide bonds. The SMILES string of the molecule is N[C@H]1NCNC2[C@H]1NCN2C1CC(O)C(COP(=O)(O)OP(=O)(O)OP(=O)(O)O)O1. The summed E-state index contributed by atoms with van der Waals surface area (Å²) < 4.78 is 51.2. The van der Waals surface area contributed by atoms with E-state index in [4.69, 9.17) is 25.2 Å². The molecule has 6 unspecified atom stereocenters. The third-order valence-corrected chi connectivity index (χ3v) is 8.44. The highest BCUT2D eigenvalue weighted by Gasteiger charge is 2.48. The number of ether oxygens (including phenoxy) is 1. The van der Waals surface area contributed by atoms with Crippen LogP contribution in [-0.4, -0.2) is 86.3 Å². The standard InChI is InChI=1S/C10H24N5O12P3/c11-9-8-10(13-3-12-9)15(4-14-8)7-1-5(16)6(25-7)2-24-29(20,21)27-30(22,23)26-28(17,18)19/h5-10,12-14,16H,1-4,11H2,(H,20,21)(H,22,23)(H2,17,18,19)/t5?,6?,7?,8-,9-,10?/m0/s1. The van der Waals surface area contributed by atoms with Gasteiger partial charge in [-0.3, -0.25) is 20.5 Å². The normalized spacial score (nSPS) is 39.4. The molecule has 0 aromatic heterocycles. The van der Waals surface area contributed by atoms with Crippen molar-refractivity contribution in [1.29, 1.82) is 0 Å². The number of fused-ring (bicyclic) bond motifs is 1. The van der Waals surface area contributed by atoms with Gasteiger partial charge in [-0.15, -0.1) is 0 Å². The molecule has 3 fully saturated rings. The average molecular weight is 499 g/mol. The minimum Gasteiger partial charge on any atom is -0.390 e. The number of nitrogens with zero attached hydrogens (tertiary/aromatic N) is 1. The van der Waals surface area contributed by atoms with Crippen LogP contribution in [0.5, 0.6) is 0 Å². The maximum atomic E-state index is 11.8. The molecule has 0 bridgehead atoms. The molecule has 0 aromatic rings. The maximum Gasteiger partial charge on any atom is 0.490 e. The van der Waals surface area contributed by atoms with Gasteiger partial charge in [0.1, 0.15) is 12.3 Å². The number of hydrogen-bond acceptors (Lipinski definition) is 13. The number of phosphoric acid groups is 3. The summed E-state index contributed by atoms with van der Waals surface area (Å²) in [6.07, 6.45) is -3.12. The van der Waals surface area contributed by atoms with Gasteiger partial charge in [-0.2, -0.15) is 8.62 Å². The highest BCUT2D eigenvalue weighted by molar-refractivity contribution is 7.66. The van der Waals surface area contributed by atoms with E-state index in [0.717, 1.165) is 0 Å². The number of aliphatic hydroxyl groups is 1. The van der Waals surface area contributed by atoms with Crippen LogP contribution in [0.3, 0.4) is 0 Å². The minimum absolute atomic E-state index is 0.117. The number of hydrogen-bond donors (Lipinski definition) is 9. The third kappa shape index (κ3) is 6.34. The summed E-state index contributed by atoms with van der Waals surface area (Å²) in [4.78, 5) is 37.5. The first-order valence-electron chi connectivity index (χ1n) is 8.60. The lowest BCUT2D eigenvalue weighted by Gasteiger charge is -2.37. The van der Waals surface area contributed by atoms with Crippen molar-refractivity contribution in [1.82, 2.24) is 20.9 Å². The lowest BCUT2D eigenvalue weighted by atomic mass is 10.1. The molecule has 3 saturated heterocycles. The van der Waals surface area contributed by atoms with Crippen molar-refractivity contribution in [2.24, 2.45) is 5.73 Å². The van der Waals surface area contributed by atoms with Crippen LogP contribution in [0.1, 0.15) is 6.42 Å². The Labute approximate surface area is 170 Å². The van der Waals surface area contributed by atoms with Crippen molar-refractivity contribution in [2.75, 3.05) is 19.9 Å². The number of aliphatic hydroxyl groups excluding tert-OH is 1. The van der Waals surface area contributed by atoms with Crippen LogP contribution in [-0.2, 0) is 31.6 Å².